The molecule has 0 spiro atoms. The zero-order chi connectivity index (χ0) is 21.5. The lowest BCUT2D eigenvalue weighted by atomic mass is 9.49. The molecular formula is C26H34FNO3. The standard InChI is InChI=1S/C26H34FNO3/c27-15-18(16-28)17-30-21-3-1-20(2-4-21)25-7-10-26(11-8-25,12-9-25)24(29)19-13-22-5-6-23(14-19)31-22/h1-4,15,19,22-23H,5-14,16-17,28H2/b18-15+. The summed E-state index contributed by atoms with van der Waals surface area (Å²) in [6.07, 6.45) is 11.7. The van der Waals surface area contributed by atoms with Gasteiger partial charge >= 0.3 is 0 Å². The number of Topliss-reactive ketones (excluding diaryl/α,β-unsaturated/α-hetero) is 1. The molecule has 1 aromatic rings. The number of ketones is 1. The Morgan fingerprint density at radius 2 is 1.68 bits per heavy atom. The van der Waals surface area contributed by atoms with Crippen molar-refractivity contribution in [3.8, 4) is 5.75 Å². The fourth-order valence-electron chi connectivity index (χ4n) is 6.71. The second-order valence-electron chi connectivity index (χ2n) is 10.3. The molecule has 2 N–H and O–H groups in total. The number of hydrogen-bond acceptors (Lipinski definition) is 4. The van der Waals surface area contributed by atoms with Crippen LogP contribution < -0.4 is 10.5 Å². The quantitative estimate of drug-likeness (QED) is 0.665. The average molecular weight is 428 g/mol. The molecule has 5 heteroatoms. The summed E-state index contributed by atoms with van der Waals surface area (Å²) in [4.78, 5) is 13.6. The first-order valence-corrected chi connectivity index (χ1v) is 12.0. The van der Waals surface area contributed by atoms with Crippen LogP contribution in [0.3, 0.4) is 0 Å². The molecule has 2 unspecified atom stereocenters. The van der Waals surface area contributed by atoms with Crippen molar-refractivity contribution in [1.82, 2.24) is 0 Å². The third kappa shape index (κ3) is 3.84. The van der Waals surface area contributed by atoms with Gasteiger partial charge in [-0.15, -0.1) is 0 Å². The molecule has 0 amide bonds. The van der Waals surface area contributed by atoms with Crippen molar-refractivity contribution in [2.24, 2.45) is 17.1 Å². The van der Waals surface area contributed by atoms with Gasteiger partial charge < -0.3 is 15.2 Å². The summed E-state index contributed by atoms with van der Waals surface area (Å²) in [7, 11) is 0. The Bertz CT molecular complexity index is 812. The summed E-state index contributed by atoms with van der Waals surface area (Å²) in [6.45, 7) is 0.337. The molecule has 0 radical (unpaired) electrons. The van der Waals surface area contributed by atoms with E-state index in [1.807, 2.05) is 12.1 Å². The van der Waals surface area contributed by atoms with Crippen molar-refractivity contribution in [2.45, 2.75) is 81.8 Å². The maximum atomic E-state index is 13.6. The van der Waals surface area contributed by atoms with Crippen LogP contribution in [0, 0.1) is 11.3 Å². The van der Waals surface area contributed by atoms with Crippen LogP contribution in [0.15, 0.2) is 36.2 Å². The van der Waals surface area contributed by atoms with Crippen LogP contribution >= 0.6 is 0 Å². The first-order chi connectivity index (χ1) is 15.1. The van der Waals surface area contributed by atoms with E-state index in [4.69, 9.17) is 15.2 Å². The van der Waals surface area contributed by atoms with Crippen LogP contribution in [0.5, 0.6) is 5.75 Å². The number of benzene rings is 1. The van der Waals surface area contributed by atoms with Crippen LogP contribution in [0.1, 0.15) is 69.8 Å². The van der Waals surface area contributed by atoms with E-state index in [0.29, 0.717) is 29.9 Å². The molecular weight excluding hydrogens is 393 g/mol. The molecule has 5 fully saturated rings. The monoisotopic (exact) mass is 427 g/mol. The zero-order valence-corrected chi connectivity index (χ0v) is 18.3. The predicted octanol–water partition coefficient (Wildman–Crippen LogP) is 5.00. The summed E-state index contributed by atoms with van der Waals surface area (Å²) in [5.74, 6) is 1.52. The number of carbonyl (C=O) groups is 1. The summed E-state index contributed by atoms with van der Waals surface area (Å²) in [5, 5.41) is 0. The number of nitrogens with two attached hydrogens (primary N) is 1. The molecule has 4 bridgehead atoms. The van der Waals surface area contributed by atoms with Gasteiger partial charge in [-0.2, -0.15) is 0 Å². The Kier molecular flexibility index (Phi) is 5.68. The van der Waals surface area contributed by atoms with Crippen molar-refractivity contribution in [1.29, 1.82) is 0 Å². The molecule has 2 heterocycles. The SMILES string of the molecule is NC/C(=C\F)COc1ccc(C23CCC(C(=O)C4CC5CCC(C4)O5)(CC2)CC3)cc1. The largest absolute Gasteiger partial charge is 0.489 e. The highest BCUT2D eigenvalue weighted by Gasteiger charge is 2.54. The molecule has 2 saturated heterocycles. The molecule has 6 rings (SSSR count). The lowest BCUT2D eigenvalue weighted by molar-refractivity contribution is -0.145. The van der Waals surface area contributed by atoms with Crippen LogP contribution in [0.25, 0.3) is 0 Å². The molecule has 168 valence electrons. The molecule has 0 aromatic heterocycles. The molecule has 4 nitrogen and oxygen atoms in total. The fraction of sp³-hybridized carbons (Fsp3) is 0.654. The minimum Gasteiger partial charge on any atom is -0.489 e. The maximum Gasteiger partial charge on any atom is 0.142 e. The van der Waals surface area contributed by atoms with Gasteiger partial charge in [0, 0.05) is 23.5 Å². The molecule has 1 aromatic carbocycles. The first kappa shape index (κ1) is 21.1. The van der Waals surface area contributed by atoms with Gasteiger partial charge in [0.2, 0.25) is 0 Å². The van der Waals surface area contributed by atoms with Gasteiger partial charge in [-0.05, 0) is 87.3 Å². The number of hydrogen-bond donors (Lipinski definition) is 1. The lowest BCUT2D eigenvalue weighted by Crippen LogP contribution is -2.50. The van der Waals surface area contributed by atoms with Crippen molar-refractivity contribution in [2.75, 3.05) is 13.2 Å². The van der Waals surface area contributed by atoms with Crippen molar-refractivity contribution < 1.29 is 18.7 Å². The molecule has 2 aliphatic heterocycles. The van der Waals surface area contributed by atoms with Crippen LogP contribution in [-0.4, -0.2) is 31.1 Å². The average Bonchev–Trinajstić information content (AvgIpc) is 3.18. The van der Waals surface area contributed by atoms with Crippen molar-refractivity contribution in [3.05, 3.63) is 41.7 Å². The van der Waals surface area contributed by atoms with Crippen LogP contribution in [-0.2, 0) is 14.9 Å². The Morgan fingerprint density at radius 3 is 2.23 bits per heavy atom. The summed E-state index contributed by atoms with van der Waals surface area (Å²) in [5.41, 5.74) is 7.39. The van der Waals surface area contributed by atoms with E-state index in [-0.39, 0.29) is 29.9 Å². The van der Waals surface area contributed by atoms with E-state index in [9.17, 15) is 9.18 Å². The smallest absolute Gasteiger partial charge is 0.142 e. The second kappa shape index (κ2) is 8.32. The first-order valence-electron chi connectivity index (χ1n) is 12.0. The normalized spacial score (nSPS) is 37.1. The van der Waals surface area contributed by atoms with Gasteiger partial charge in [0.05, 0.1) is 18.5 Å². The Hall–Kier alpha value is -1.72. The van der Waals surface area contributed by atoms with E-state index < -0.39 is 0 Å². The minimum absolute atomic E-state index is 0.0798. The van der Waals surface area contributed by atoms with Crippen LogP contribution in [0.4, 0.5) is 4.39 Å². The highest BCUT2D eigenvalue weighted by Crippen LogP contribution is 2.59. The van der Waals surface area contributed by atoms with Crippen molar-refractivity contribution >= 4 is 5.78 Å². The molecule has 3 saturated carbocycles. The second-order valence-corrected chi connectivity index (χ2v) is 10.3. The van der Waals surface area contributed by atoms with Gasteiger partial charge in [-0.1, -0.05) is 12.1 Å². The summed E-state index contributed by atoms with van der Waals surface area (Å²) >= 11 is 0. The van der Waals surface area contributed by atoms with Crippen molar-refractivity contribution in [3.63, 3.8) is 0 Å². The number of fused-ring (bicyclic) bond motifs is 5. The number of carbonyl (C=O) groups excluding carboxylic acids is 1. The van der Waals surface area contributed by atoms with E-state index in [0.717, 1.165) is 70.0 Å². The van der Waals surface area contributed by atoms with E-state index in [1.54, 1.807) is 0 Å². The number of rotatable bonds is 7. The van der Waals surface area contributed by atoms with Gasteiger partial charge in [-0.3, -0.25) is 4.79 Å². The highest BCUT2D eigenvalue weighted by molar-refractivity contribution is 5.87. The maximum absolute atomic E-state index is 13.6. The number of ether oxygens (including phenoxy) is 2. The Balaban J connectivity index is 1.23. The Labute approximate surface area is 184 Å². The molecule has 2 atom stereocenters. The zero-order valence-electron chi connectivity index (χ0n) is 18.3. The van der Waals surface area contributed by atoms with Crippen LogP contribution in [0.2, 0.25) is 0 Å². The molecule has 5 aliphatic rings. The lowest BCUT2D eigenvalue weighted by Gasteiger charge is -2.54. The third-order valence-electron chi connectivity index (χ3n) is 8.74. The third-order valence-corrected chi connectivity index (χ3v) is 8.74. The minimum atomic E-state index is -0.0798. The van der Waals surface area contributed by atoms with Gasteiger partial charge in [0.15, 0.2) is 0 Å². The predicted molar refractivity (Wildman–Crippen MR) is 118 cm³/mol. The number of halogens is 1. The topological polar surface area (TPSA) is 61.5 Å². The summed E-state index contributed by atoms with van der Waals surface area (Å²) < 4.78 is 24.3. The Morgan fingerprint density at radius 1 is 1.06 bits per heavy atom. The van der Waals surface area contributed by atoms with Gasteiger partial charge in [0.1, 0.15) is 18.1 Å². The molecule has 31 heavy (non-hydrogen) atoms. The summed E-state index contributed by atoms with van der Waals surface area (Å²) in [6, 6.07) is 8.28. The van der Waals surface area contributed by atoms with Gasteiger partial charge in [0.25, 0.3) is 0 Å². The van der Waals surface area contributed by atoms with E-state index in [1.165, 1.54) is 5.56 Å². The fourth-order valence-corrected chi connectivity index (χ4v) is 6.71. The molecule has 3 aliphatic carbocycles. The van der Waals surface area contributed by atoms with E-state index in [2.05, 4.69) is 12.1 Å². The van der Waals surface area contributed by atoms with Gasteiger partial charge in [-0.25, -0.2) is 4.39 Å². The highest BCUT2D eigenvalue weighted by atomic mass is 19.1. The van der Waals surface area contributed by atoms with E-state index >= 15 is 0 Å².